The molecule has 0 bridgehead atoms. The first kappa shape index (κ1) is 28.0. The Morgan fingerprint density at radius 3 is 2.10 bits per heavy atom. The van der Waals surface area contributed by atoms with E-state index in [4.69, 9.17) is 18.0 Å². The third kappa shape index (κ3) is 6.91. The topological polar surface area (TPSA) is 121 Å². The summed E-state index contributed by atoms with van der Waals surface area (Å²) in [7, 11) is 0. The Hall–Kier alpha value is -3.99. The van der Waals surface area contributed by atoms with E-state index in [0.29, 0.717) is 15.9 Å². The Labute approximate surface area is 235 Å². The molecule has 2 atom stereocenters. The number of anilines is 1. The van der Waals surface area contributed by atoms with E-state index in [0.717, 1.165) is 32.9 Å². The number of nitrogens with two attached hydrogens (primary N) is 1. The van der Waals surface area contributed by atoms with Gasteiger partial charge < -0.3 is 11.1 Å². The van der Waals surface area contributed by atoms with E-state index >= 15 is 0 Å². The lowest BCUT2D eigenvalue weighted by Gasteiger charge is -2.28. The quantitative estimate of drug-likeness (QED) is 0.255. The molecule has 3 amide bonds. The zero-order valence-corrected chi connectivity index (χ0v) is 23.2. The Morgan fingerprint density at radius 1 is 0.949 bits per heavy atom. The summed E-state index contributed by atoms with van der Waals surface area (Å²) < 4.78 is 0.310. The van der Waals surface area contributed by atoms with Crippen molar-refractivity contribution in [2.75, 3.05) is 4.90 Å². The third-order valence-electron chi connectivity index (χ3n) is 6.15. The van der Waals surface area contributed by atoms with Crippen LogP contribution in [0.1, 0.15) is 29.8 Å². The van der Waals surface area contributed by atoms with Gasteiger partial charge in [0.25, 0.3) is 11.8 Å². The first-order valence-corrected chi connectivity index (χ1v) is 13.7. The lowest BCUT2D eigenvalue weighted by molar-refractivity contribution is -0.129. The van der Waals surface area contributed by atoms with E-state index in [2.05, 4.69) is 15.5 Å². The van der Waals surface area contributed by atoms with Crippen LogP contribution in [0.2, 0.25) is 0 Å². The second-order valence-electron chi connectivity index (χ2n) is 9.34. The summed E-state index contributed by atoms with van der Waals surface area (Å²) in [5, 5.41) is 9.58. The SMILES string of the molecule is CC(C)[C@H](NC(=O)[C@@H](N)Cc1ccccc1)C(=O)N(C(=O)c1ccc(-c2ccccc2)cc1)c1n[nH]c(=S)s1. The molecule has 0 saturated carbocycles. The lowest BCUT2D eigenvalue weighted by atomic mass is 10.00. The van der Waals surface area contributed by atoms with E-state index in [9.17, 15) is 14.4 Å². The number of hydrogen-bond donors (Lipinski definition) is 3. The number of carbonyl (C=O) groups is 3. The van der Waals surface area contributed by atoms with Gasteiger partial charge in [-0.2, -0.15) is 0 Å². The Morgan fingerprint density at radius 2 is 1.54 bits per heavy atom. The van der Waals surface area contributed by atoms with Gasteiger partial charge in [0.15, 0.2) is 3.95 Å². The van der Waals surface area contributed by atoms with Gasteiger partial charge in [0.1, 0.15) is 6.04 Å². The number of H-pyrrole nitrogens is 1. The summed E-state index contributed by atoms with van der Waals surface area (Å²) in [6.45, 7) is 3.57. The second kappa shape index (κ2) is 12.7. The van der Waals surface area contributed by atoms with Gasteiger partial charge in [-0.25, -0.2) is 4.90 Å². The molecule has 8 nitrogen and oxygen atoms in total. The van der Waals surface area contributed by atoms with Crippen molar-refractivity contribution < 1.29 is 14.4 Å². The molecule has 1 aromatic heterocycles. The van der Waals surface area contributed by atoms with Gasteiger partial charge in [0.05, 0.1) is 6.04 Å². The summed E-state index contributed by atoms with van der Waals surface area (Å²) >= 11 is 6.16. The lowest BCUT2D eigenvalue weighted by Crippen LogP contribution is -2.56. The summed E-state index contributed by atoms with van der Waals surface area (Å²) in [4.78, 5) is 41.6. The van der Waals surface area contributed by atoms with Crippen molar-refractivity contribution in [1.29, 1.82) is 0 Å². The van der Waals surface area contributed by atoms with E-state index in [1.165, 1.54) is 0 Å². The molecule has 39 heavy (non-hydrogen) atoms. The van der Waals surface area contributed by atoms with Crippen LogP contribution in [0.4, 0.5) is 5.13 Å². The van der Waals surface area contributed by atoms with Gasteiger partial charge in [-0.15, -0.1) is 5.10 Å². The van der Waals surface area contributed by atoms with Crippen LogP contribution in [0.3, 0.4) is 0 Å². The molecular formula is C29H29N5O3S2. The molecule has 10 heteroatoms. The van der Waals surface area contributed by atoms with Crippen LogP contribution in [0.15, 0.2) is 84.9 Å². The summed E-state index contributed by atoms with van der Waals surface area (Å²) in [5.74, 6) is -2.03. The fourth-order valence-electron chi connectivity index (χ4n) is 4.04. The van der Waals surface area contributed by atoms with Crippen molar-refractivity contribution >= 4 is 46.4 Å². The number of carbonyl (C=O) groups excluding carboxylic acids is 3. The highest BCUT2D eigenvalue weighted by Crippen LogP contribution is 2.25. The molecule has 4 N–H and O–H groups in total. The molecule has 0 aliphatic carbocycles. The molecule has 0 unspecified atom stereocenters. The molecule has 0 saturated heterocycles. The molecule has 4 rings (SSSR count). The molecule has 1 heterocycles. The maximum atomic E-state index is 13.9. The number of nitrogens with one attached hydrogen (secondary N) is 2. The van der Waals surface area contributed by atoms with Gasteiger partial charge >= 0.3 is 0 Å². The molecular weight excluding hydrogens is 530 g/mol. The Balaban J connectivity index is 1.59. The highest BCUT2D eigenvalue weighted by molar-refractivity contribution is 7.73. The minimum absolute atomic E-state index is 0.0932. The van der Waals surface area contributed by atoms with Crippen LogP contribution in [-0.4, -0.2) is 40.0 Å². The number of aromatic amines is 1. The minimum Gasteiger partial charge on any atom is -0.343 e. The van der Waals surface area contributed by atoms with E-state index in [-0.39, 0.29) is 11.0 Å². The fraction of sp³-hybridized carbons (Fsp3) is 0.207. The van der Waals surface area contributed by atoms with Crippen LogP contribution in [0.25, 0.3) is 11.1 Å². The third-order valence-corrected chi connectivity index (χ3v) is 7.22. The zero-order chi connectivity index (χ0) is 27.9. The molecule has 0 fully saturated rings. The van der Waals surface area contributed by atoms with Crippen LogP contribution in [0, 0.1) is 9.87 Å². The normalized spacial score (nSPS) is 12.5. The molecule has 0 spiro atoms. The molecule has 0 aliphatic heterocycles. The summed E-state index contributed by atoms with van der Waals surface area (Å²) in [6.07, 6.45) is 0.308. The van der Waals surface area contributed by atoms with Crippen molar-refractivity contribution in [2.45, 2.75) is 32.4 Å². The van der Waals surface area contributed by atoms with Crippen LogP contribution < -0.4 is 16.0 Å². The highest BCUT2D eigenvalue weighted by Gasteiger charge is 2.36. The first-order valence-electron chi connectivity index (χ1n) is 12.4. The van der Waals surface area contributed by atoms with Crippen LogP contribution in [0.5, 0.6) is 0 Å². The number of aromatic nitrogens is 2. The van der Waals surface area contributed by atoms with Crippen molar-refractivity contribution in [1.82, 2.24) is 15.5 Å². The van der Waals surface area contributed by atoms with E-state index in [1.54, 1.807) is 26.0 Å². The monoisotopic (exact) mass is 559 g/mol. The molecule has 3 aromatic carbocycles. The van der Waals surface area contributed by atoms with Crippen molar-refractivity contribution in [3.8, 4) is 11.1 Å². The summed E-state index contributed by atoms with van der Waals surface area (Å²) in [6, 6.07) is 24.2. The first-order chi connectivity index (χ1) is 18.7. The highest BCUT2D eigenvalue weighted by atomic mass is 32.1. The standard InChI is InChI=1S/C29H29N5O3S2/c1-18(2)24(31-25(35)23(30)17-19-9-5-3-6-10-19)27(37)34(28-32-33-29(38)39-28)26(36)22-15-13-21(14-16-22)20-11-7-4-8-12-20/h3-16,18,23-24H,17,30H2,1-2H3,(H,31,35)(H,33,38)/t23-,24-/m0/s1. The van der Waals surface area contributed by atoms with E-state index < -0.39 is 29.8 Å². The zero-order valence-electron chi connectivity index (χ0n) is 21.5. The van der Waals surface area contributed by atoms with Gasteiger partial charge in [0, 0.05) is 5.56 Å². The Kier molecular flexibility index (Phi) is 9.13. The largest absolute Gasteiger partial charge is 0.343 e. The van der Waals surface area contributed by atoms with Crippen molar-refractivity contribution in [2.24, 2.45) is 11.7 Å². The predicted octanol–water partition coefficient (Wildman–Crippen LogP) is 4.75. The van der Waals surface area contributed by atoms with Crippen LogP contribution >= 0.6 is 23.6 Å². The maximum absolute atomic E-state index is 13.9. The van der Waals surface area contributed by atoms with Crippen molar-refractivity contribution in [3.05, 3.63) is 100 Å². The predicted molar refractivity (Wildman–Crippen MR) is 156 cm³/mol. The summed E-state index contributed by atoms with van der Waals surface area (Å²) in [5.41, 5.74) is 9.30. The average molecular weight is 560 g/mol. The molecule has 0 aliphatic rings. The fourth-order valence-corrected chi connectivity index (χ4v) is 4.92. The average Bonchev–Trinajstić information content (AvgIpc) is 3.37. The van der Waals surface area contributed by atoms with Crippen LogP contribution in [-0.2, 0) is 16.0 Å². The van der Waals surface area contributed by atoms with Gasteiger partial charge in [-0.3, -0.25) is 19.5 Å². The number of rotatable bonds is 9. The van der Waals surface area contributed by atoms with Crippen molar-refractivity contribution in [3.63, 3.8) is 0 Å². The van der Waals surface area contributed by atoms with Gasteiger partial charge in [0.2, 0.25) is 11.0 Å². The number of amides is 3. The van der Waals surface area contributed by atoms with Gasteiger partial charge in [-0.05, 0) is 53.4 Å². The van der Waals surface area contributed by atoms with E-state index in [1.807, 2.05) is 72.8 Å². The minimum atomic E-state index is -1.02. The second-order valence-corrected chi connectivity index (χ2v) is 11.0. The number of benzene rings is 3. The Bertz CT molecular complexity index is 1480. The maximum Gasteiger partial charge on any atom is 0.267 e. The number of nitrogens with zero attached hydrogens (tertiary/aromatic N) is 2. The molecule has 200 valence electrons. The number of imide groups is 1. The number of hydrogen-bond acceptors (Lipinski definition) is 7. The smallest absolute Gasteiger partial charge is 0.267 e. The van der Waals surface area contributed by atoms with Gasteiger partial charge in [-0.1, -0.05) is 98.0 Å². The molecule has 4 aromatic rings. The molecule has 0 radical (unpaired) electrons.